The van der Waals surface area contributed by atoms with Crippen LogP contribution in [-0.2, 0) is 10.5 Å². The van der Waals surface area contributed by atoms with E-state index in [9.17, 15) is 4.79 Å². The lowest BCUT2D eigenvalue weighted by Gasteiger charge is -2.14. The Bertz CT molecular complexity index is 678. The molecule has 0 spiro atoms. The van der Waals surface area contributed by atoms with Crippen molar-refractivity contribution < 1.29 is 4.79 Å². The average molecular weight is 360 g/mol. The number of carbonyl (C=O) groups excluding carboxylic acids is 1. The molecule has 4 N–H and O–H groups in total. The number of thioether (sulfide) groups is 1. The molecule has 0 fully saturated rings. The van der Waals surface area contributed by atoms with E-state index in [-0.39, 0.29) is 17.9 Å². The Morgan fingerprint density at radius 2 is 1.88 bits per heavy atom. The van der Waals surface area contributed by atoms with E-state index in [1.165, 1.54) is 11.8 Å². The summed E-state index contributed by atoms with van der Waals surface area (Å²) in [7, 11) is 0. The number of amides is 1. The number of hydrogen-bond acceptors (Lipinski definition) is 7. The predicted molar refractivity (Wildman–Crippen MR) is 103 cm³/mol. The van der Waals surface area contributed by atoms with Gasteiger partial charge in [0.05, 0.1) is 11.5 Å². The molecule has 25 heavy (non-hydrogen) atoms. The molecule has 134 valence electrons. The van der Waals surface area contributed by atoms with Crippen LogP contribution in [0.3, 0.4) is 0 Å². The summed E-state index contributed by atoms with van der Waals surface area (Å²) in [6.07, 6.45) is 1.87. The number of benzene rings is 1. The van der Waals surface area contributed by atoms with Crippen molar-refractivity contribution in [1.82, 2.24) is 20.3 Å². The molecule has 0 aliphatic heterocycles. The normalized spacial score (nSPS) is 10.7. The highest BCUT2D eigenvalue weighted by atomic mass is 32.2. The predicted octanol–water partition coefficient (Wildman–Crippen LogP) is 2.74. The molecule has 1 aromatic carbocycles. The highest BCUT2D eigenvalue weighted by Gasteiger charge is 2.10. The smallest absolute Gasteiger partial charge is 0.232 e. The number of anilines is 3. The molecule has 0 unspecified atom stereocenters. The van der Waals surface area contributed by atoms with Crippen molar-refractivity contribution in [2.24, 2.45) is 0 Å². The van der Waals surface area contributed by atoms with Crippen LogP contribution < -0.4 is 16.4 Å². The minimum atomic E-state index is 0.0309. The minimum absolute atomic E-state index is 0.0309. The Labute approximate surface area is 152 Å². The van der Waals surface area contributed by atoms with Crippen LogP contribution in [0.1, 0.15) is 32.5 Å². The van der Waals surface area contributed by atoms with Crippen LogP contribution in [0, 0.1) is 0 Å². The maximum absolute atomic E-state index is 11.9. The van der Waals surface area contributed by atoms with Gasteiger partial charge in [-0.05, 0) is 25.0 Å². The summed E-state index contributed by atoms with van der Waals surface area (Å²) in [4.78, 5) is 24.5. The summed E-state index contributed by atoms with van der Waals surface area (Å²) in [5, 5.41) is 6.10. The summed E-state index contributed by atoms with van der Waals surface area (Å²) < 4.78 is 0. The van der Waals surface area contributed by atoms with Gasteiger partial charge in [0.1, 0.15) is 5.82 Å². The number of para-hydroxylation sites is 1. The summed E-state index contributed by atoms with van der Waals surface area (Å²) >= 11 is 1.45. The molecule has 0 radical (unpaired) electrons. The molecule has 0 saturated heterocycles. The molecule has 0 aliphatic rings. The van der Waals surface area contributed by atoms with Gasteiger partial charge in [-0.2, -0.15) is 15.0 Å². The first-order chi connectivity index (χ1) is 12.1. The van der Waals surface area contributed by atoms with Crippen molar-refractivity contribution in [3.63, 3.8) is 0 Å². The van der Waals surface area contributed by atoms with Crippen LogP contribution in [0.2, 0.25) is 0 Å². The van der Waals surface area contributed by atoms with Gasteiger partial charge in [-0.15, -0.1) is 11.8 Å². The number of nitrogens with zero attached hydrogens (tertiary/aromatic N) is 3. The van der Waals surface area contributed by atoms with Crippen LogP contribution in [0.25, 0.3) is 0 Å². The molecule has 2 rings (SSSR count). The summed E-state index contributed by atoms with van der Waals surface area (Å²) in [5.74, 6) is 1.99. The number of aromatic nitrogens is 3. The van der Waals surface area contributed by atoms with Crippen LogP contribution in [0.15, 0.2) is 30.3 Å². The van der Waals surface area contributed by atoms with Crippen LogP contribution in [0.5, 0.6) is 0 Å². The standard InChI is InChI=1S/C17H24N6OS/c1-3-12(4-2)19-15(24)11-25-10-14-21-16(18)23-17(22-14)20-13-8-6-5-7-9-13/h5-9,12H,3-4,10-11H2,1-2H3,(H,19,24)(H3,18,20,21,22,23). The Hall–Kier alpha value is -2.35. The molecule has 1 aromatic heterocycles. The molecule has 2 aromatic rings. The monoisotopic (exact) mass is 360 g/mol. The quantitative estimate of drug-likeness (QED) is 0.631. The molecular formula is C17H24N6OS. The molecule has 8 heteroatoms. The molecule has 0 atom stereocenters. The van der Waals surface area contributed by atoms with Gasteiger partial charge < -0.3 is 16.4 Å². The van der Waals surface area contributed by atoms with Gasteiger partial charge in [0.25, 0.3) is 0 Å². The lowest BCUT2D eigenvalue weighted by atomic mass is 10.2. The fourth-order valence-electron chi connectivity index (χ4n) is 2.21. The van der Waals surface area contributed by atoms with Crippen molar-refractivity contribution in [2.75, 3.05) is 16.8 Å². The van der Waals surface area contributed by atoms with Crippen molar-refractivity contribution >= 4 is 35.3 Å². The zero-order valence-electron chi connectivity index (χ0n) is 14.5. The van der Waals surface area contributed by atoms with E-state index >= 15 is 0 Å². The molecule has 0 aliphatic carbocycles. The molecule has 0 saturated carbocycles. The zero-order chi connectivity index (χ0) is 18.1. The molecule has 0 bridgehead atoms. The number of rotatable bonds is 9. The second kappa shape index (κ2) is 9.83. The summed E-state index contributed by atoms with van der Waals surface area (Å²) in [6, 6.07) is 9.83. The third-order valence-corrected chi connectivity index (χ3v) is 4.47. The lowest BCUT2D eigenvalue weighted by Crippen LogP contribution is -2.35. The van der Waals surface area contributed by atoms with E-state index in [4.69, 9.17) is 5.73 Å². The number of nitrogen functional groups attached to an aromatic ring is 1. The van der Waals surface area contributed by atoms with Gasteiger partial charge in [-0.3, -0.25) is 4.79 Å². The van der Waals surface area contributed by atoms with Crippen LogP contribution >= 0.6 is 11.8 Å². The number of hydrogen-bond donors (Lipinski definition) is 3. The summed E-state index contributed by atoms with van der Waals surface area (Å²) in [6.45, 7) is 4.13. The Kier molecular flexibility index (Phi) is 7.46. The molecule has 1 amide bonds. The van der Waals surface area contributed by atoms with Crippen molar-refractivity contribution in [3.8, 4) is 0 Å². The number of nitrogens with one attached hydrogen (secondary N) is 2. The Morgan fingerprint density at radius 3 is 2.56 bits per heavy atom. The fraction of sp³-hybridized carbons (Fsp3) is 0.412. The van der Waals surface area contributed by atoms with Crippen molar-refractivity contribution in [3.05, 3.63) is 36.2 Å². The fourth-order valence-corrected chi connectivity index (χ4v) is 2.89. The second-order valence-corrected chi connectivity index (χ2v) is 6.48. The van der Waals surface area contributed by atoms with Gasteiger partial charge in [-0.25, -0.2) is 0 Å². The van der Waals surface area contributed by atoms with Gasteiger partial charge >= 0.3 is 0 Å². The first kappa shape index (κ1) is 19.0. The SMILES string of the molecule is CCC(CC)NC(=O)CSCc1nc(N)nc(Nc2ccccc2)n1. The Balaban J connectivity index is 1.88. The highest BCUT2D eigenvalue weighted by molar-refractivity contribution is 7.99. The Morgan fingerprint density at radius 1 is 1.16 bits per heavy atom. The maximum Gasteiger partial charge on any atom is 0.232 e. The van der Waals surface area contributed by atoms with Gasteiger partial charge in [-0.1, -0.05) is 32.0 Å². The van der Waals surface area contributed by atoms with Crippen LogP contribution in [-0.4, -0.2) is 32.7 Å². The van der Waals surface area contributed by atoms with Gasteiger partial charge in [0, 0.05) is 11.7 Å². The minimum Gasteiger partial charge on any atom is -0.368 e. The van der Waals surface area contributed by atoms with Crippen molar-refractivity contribution in [1.29, 1.82) is 0 Å². The number of nitrogens with two attached hydrogens (primary N) is 1. The van der Waals surface area contributed by atoms with E-state index in [1.807, 2.05) is 30.3 Å². The van der Waals surface area contributed by atoms with E-state index < -0.39 is 0 Å². The maximum atomic E-state index is 11.9. The van der Waals surface area contributed by atoms with E-state index in [0.29, 0.717) is 23.3 Å². The first-order valence-electron chi connectivity index (χ1n) is 8.30. The third kappa shape index (κ3) is 6.58. The van der Waals surface area contributed by atoms with E-state index in [0.717, 1.165) is 18.5 Å². The second-order valence-electron chi connectivity index (χ2n) is 5.50. The van der Waals surface area contributed by atoms with Crippen LogP contribution in [0.4, 0.5) is 17.6 Å². The average Bonchev–Trinajstić information content (AvgIpc) is 2.60. The van der Waals surface area contributed by atoms with Crippen molar-refractivity contribution in [2.45, 2.75) is 38.5 Å². The topological polar surface area (TPSA) is 106 Å². The van der Waals surface area contributed by atoms with Gasteiger partial charge in [0.15, 0.2) is 0 Å². The summed E-state index contributed by atoms with van der Waals surface area (Å²) in [5.41, 5.74) is 6.63. The molecule has 7 nitrogen and oxygen atoms in total. The number of carbonyl (C=O) groups is 1. The lowest BCUT2D eigenvalue weighted by molar-refractivity contribution is -0.119. The largest absolute Gasteiger partial charge is 0.368 e. The molecular weight excluding hydrogens is 336 g/mol. The van der Waals surface area contributed by atoms with E-state index in [1.54, 1.807) is 0 Å². The zero-order valence-corrected chi connectivity index (χ0v) is 15.3. The first-order valence-corrected chi connectivity index (χ1v) is 9.45. The third-order valence-electron chi connectivity index (χ3n) is 3.54. The molecule has 1 heterocycles. The van der Waals surface area contributed by atoms with Gasteiger partial charge in [0.2, 0.25) is 17.8 Å². The highest BCUT2D eigenvalue weighted by Crippen LogP contribution is 2.15. The van der Waals surface area contributed by atoms with E-state index in [2.05, 4.69) is 39.4 Å².